The molecule has 1 amide bonds. The van der Waals surface area contributed by atoms with Crippen LogP contribution in [0.3, 0.4) is 0 Å². The molecular weight excluding hydrogens is 295 g/mol. The maximum Gasteiger partial charge on any atom is 0.226 e. The minimum Gasteiger partial charge on any atom is -0.494 e. The number of amides is 1. The van der Waals surface area contributed by atoms with E-state index >= 15 is 0 Å². The highest BCUT2D eigenvalue weighted by Crippen LogP contribution is 2.32. The first kappa shape index (κ1) is 15.9. The summed E-state index contributed by atoms with van der Waals surface area (Å²) in [4.78, 5) is 12.0. The Bertz CT molecular complexity index is 507. The van der Waals surface area contributed by atoms with E-state index in [1.807, 2.05) is 11.8 Å². The summed E-state index contributed by atoms with van der Waals surface area (Å²) in [5.41, 5.74) is 0.310. The van der Waals surface area contributed by atoms with Crippen molar-refractivity contribution in [2.45, 2.75) is 12.5 Å². The minimum atomic E-state index is -0.542. The summed E-state index contributed by atoms with van der Waals surface area (Å²) in [7, 11) is 2.84. The van der Waals surface area contributed by atoms with Gasteiger partial charge in [-0.05, 0) is 0 Å². The number of carbonyl (C=O) groups is 1. The fraction of sp³-hybridized carbons (Fsp3) is 0.500. The van der Waals surface area contributed by atoms with E-state index in [1.165, 1.54) is 26.4 Å². The highest BCUT2D eigenvalue weighted by atomic mass is 32.2. The van der Waals surface area contributed by atoms with Gasteiger partial charge in [0, 0.05) is 42.6 Å². The van der Waals surface area contributed by atoms with Gasteiger partial charge in [0.1, 0.15) is 5.75 Å². The lowest BCUT2D eigenvalue weighted by atomic mass is 10.2. The second kappa shape index (κ2) is 7.51. The summed E-state index contributed by atoms with van der Waals surface area (Å²) in [6.07, 6.45) is 0.351. The average Bonchev–Trinajstić information content (AvgIpc) is 2.48. The number of halogens is 1. The van der Waals surface area contributed by atoms with Crippen LogP contribution in [-0.4, -0.2) is 44.2 Å². The third-order valence-electron chi connectivity index (χ3n) is 3.18. The van der Waals surface area contributed by atoms with Crippen LogP contribution in [0.1, 0.15) is 6.42 Å². The summed E-state index contributed by atoms with van der Waals surface area (Å²) in [6, 6.07) is 2.77. The molecule has 0 spiro atoms. The van der Waals surface area contributed by atoms with E-state index < -0.39 is 5.82 Å². The molecule has 0 radical (unpaired) electrons. The molecule has 1 fully saturated rings. The Morgan fingerprint density at radius 3 is 2.81 bits per heavy atom. The zero-order chi connectivity index (χ0) is 15.2. The Morgan fingerprint density at radius 2 is 2.19 bits per heavy atom. The molecule has 0 bridgehead atoms. The number of thioether (sulfide) groups is 1. The standard InChI is InChI=1S/C14H19FN2O3S/c1-19-12-7-13(20-2)11(6-10(12)15)17-14(18)5-9-8-21-4-3-16-9/h6-7,9,16H,3-5,8H2,1-2H3,(H,17,18). The van der Waals surface area contributed by atoms with E-state index in [2.05, 4.69) is 10.6 Å². The zero-order valence-electron chi connectivity index (χ0n) is 12.1. The van der Waals surface area contributed by atoms with Crippen LogP contribution in [0.5, 0.6) is 11.5 Å². The van der Waals surface area contributed by atoms with Crippen LogP contribution in [0.15, 0.2) is 12.1 Å². The van der Waals surface area contributed by atoms with Crippen LogP contribution < -0.4 is 20.1 Å². The van der Waals surface area contributed by atoms with Gasteiger partial charge in [0.25, 0.3) is 0 Å². The fourth-order valence-electron chi connectivity index (χ4n) is 2.13. The number of rotatable bonds is 5. The molecule has 1 atom stereocenters. The Labute approximate surface area is 127 Å². The molecule has 0 saturated carbocycles. The molecule has 21 heavy (non-hydrogen) atoms. The van der Waals surface area contributed by atoms with Gasteiger partial charge in [-0.3, -0.25) is 4.79 Å². The highest BCUT2D eigenvalue weighted by molar-refractivity contribution is 7.99. The van der Waals surface area contributed by atoms with Crippen molar-refractivity contribution in [1.82, 2.24) is 5.32 Å². The van der Waals surface area contributed by atoms with Crippen molar-refractivity contribution in [2.75, 3.05) is 37.6 Å². The molecule has 2 N–H and O–H groups in total. The van der Waals surface area contributed by atoms with E-state index in [-0.39, 0.29) is 17.7 Å². The predicted molar refractivity (Wildman–Crippen MR) is 81.9 cm³/mol. The summed E-state index contributed by atoms with van der Waals surface area (Å²) in [6.45, 7) is 0.906. The first-order valence-electron chi connectivity index (χ1n) is 6.66. The Morgan fingerprint density at radius 1 is 1.43 bits per heavy atom. The topological polar surface area (TPSA) is 59.6 Å². The van der Waals surface area contributed by atoms with Gasteiger partial charge in [-0.1, -0.05) is 0 Å². The predicted octanol–water partition coefficient (Wildman–Crippen LogP) is 1.88. The Hall–Kier alpha value is -1.47. The number of nitrogens with one attached hydrogen (secondary N) is 2. The van der Waals surface area contributed by atoms with Gasteiger partial charge >= 0.3 is 0 Å². The number of anilines is 1. The van der Waals surface area contributed by atoms with E-state index in [4.69, 9.17) is 9.47 Å². The molecule has 1 saturated heterocycles. The first-order valence-corrected chi connectivity index (χ1v) is 7.82. The number of ether oxygens (including phenoxy) is 2. The van der Waals surface area contributed by atoms with Gasteiger partial charge in [0.15, 0.2) is 11.6 Å². The quantitative estimate of drug-likeness (QED) is 0.869. The van der Waals surface area contributed by atoms with Crippen LogP contribution in [0.2, 0.25) is 0 Å². The first-order chi connectivity index (χ1) is 10.1. The molecule has 1 aromatic rings. The van der Waals surface area contributed by atoms with Crippen molar-refractivity contribution < 1.29 is 18.7 Å². The van der Waals surface area contributed by atoms with Crippen LogP contribution in [-0.2, 0) is 4.79 Å². The molecule has 7 heteroatoms. The highest BCUT2D eigenvalue weighted by Gasteiger charge is 2.18. The summed E-state index contributed by atoms with van der Waals surface area (Å²) in [5, 5.41) is 5.98. The Kier molecular flexibility index (Phi) is 5.69. The number of hydrogen-bond acceptors (Lipinski definition) is 5. The van der Waals surface area contributed by atoms with Crippen molar-refractivity contribution in [2.24, 2.45) is 0 Å². The third-order valence-corrected chi connectivity index (χ3v) is 4.31. The van der Waals surface area contributed by atoms with Gasteiger partial charge < -0.3 is 20.1 Å². The summed E-state index contributed by atoms with van der Waals surface area (Å²) < 4.78 is 23.8. The molecule has 0 aromatic heterocycles. The van der Waals surface area contributed by atoms with Crippen molar-refractivity contribution in [3.8, 4) is 11.5 Å². The molecule has 2 rings (SSSR count). The van der Waals surface area contributed by atoms with Gasteiger partial charge in [0.05, 0.1) is 19.9 Å². The maximum absolute atomic E-state index is 13.7. The molecule has 116 valence electrons. The lowest BCUT2D eigenvalue weighted by Gasteiger charge is -2.22. The van der Waals surface area contributed by atoms with E-state index in [1.54, 1.807) is 0 Å². The van der Waals surface area contributed by atoms with Crippen LogP contribution in [0.4, 0.5) is 10.1 Å². The average molecular weight is 314 g/mol. The molecule has 0 aliphatic carbocycles. The second-order valence-electron chi connectivity index (χ2n) is 4.67. The van der Waals surface area contributed by atoms with Crippen molar-refractivity contribution in [1.29, 1.82) is 0 Å². The van der Waals surface area contributed by atoms with E-state index in [9.17, 15) is 9.18 Å². The third kappa shape index (κ3) is 4.25. The van der Waals surface area contributed by atoms with Gasteiger partial charge in [0.2, 0.25) is 5.91 Å². The smallest absolute Gasteiger partial charge is 0.226 e. The monoisotopic (exact) mass is 314 g/mol. The van der Waals surface area contributed by atoms with Crippen LogP contribution >= 0.6 is 11.8 Å². The van der Waals surface area contributed by atoms with Crippen molar-refractivity contribution >= 4 is 23.4 Å². The number of carbonyl (C=O) groups excluding carboxylic acids is 1. The lowest BCUT2D eigenvalue weighted by molar-refractivity contribution is -0.116. The van der Waals surface area contributed by atoms with E-state index in [0.717, 1.165) is 18.1 Å². The van der Waals surface area contributed by atoms with Crippen molar-refractivity contribution in [3.63, 3.8) is 0 Å². The molecule has 1 heterocycles. The molecule has 1 aromatic carbocycles. The van der Waals surface area contributed by atoms with Crippen LogP contribution in [0, 0.1) is 5.82 Å². The SMILES string of the molecule is COc1cc(OC)c(NC(=O)CC2CSCCN2)cc1F. The second-order valence-corrected chi connectivity index (χ2v) is 5.82. The van der Waals surface area contributed by atoms with Gasteiger partial charge in [-0.25, -0.2) is 4.39 Å². The fourth-order valence-corrected chi connectivity index (χ4v) is 3.08. The Balaban J connectivity index is 2.03. The van der Waals surface area contributed by atoms with Crippen molar-refractivity contribution in [3.05, 3.63) is 17.9 Å². The number of benzene rings is 1. The lowest BCUT2D eigenvalue weighted by Crippen LogP contribution is -2.39. The largest absolute Gasteiger partial charge is 0.494 e. The number of methoxy groups -OCH3 is 2. The maximum atomic E-state index is 13.7. The summed E-state index contributed by atoms with van der Waals surface area (Å²) >= 11 is 1.82. The molecular formula is C14H19FN2O3S. The zero-order valence-corrected chi connectivity index (χ0v) is 12.9. The normalized spacial score (nSPS) is 18.1. The van der Waals surface area contributed by atoms with E-state index in [0.29, 0.717) is 17.9 Å². The molecule has 1 aliphatic rings. The number of hydrogen-bond donors (Lipinski definition) is 2. The minimum absolute atomic E-state index is 0.0789. The summed E-state index contributed by atoms with van der Waals surface area (Å²) in [5.74, 6) is 1.71. The molecule has 1 aliphatic heterocycles. The molecule has 5 nitrogen and oxygen atoms in total. The van der Waals surface area contributed by atoms with Gasteiger partial charge in [-0.2, -0.15) is 11.8 Å². The van der Waals surface area contributed by atoms with Crippen LogP contribution in [0.25, 0.3) is 0 Å². The van der Waals surface area contributed by atoms with Gasteiger partial charge in [-0.15, -0.1) is 0 Å². The molecule has 1 unspecified atom stereocenters.